The van der Waals surface area contributed by atoms with E-state index in [2.05, 4.69) is 48.2 Å². The minimum atomic E-state index is 0.370. The van der Waals surface area contributed by atoms with E-state index in [9.17, 15) is 0 Å². The highest BCUT2D eigenvalue weighted by Gasteiger charge is 2.26. The van der Waals surface area contributed by atoms with Gasteiger partial charge in [-0.1, -0.05) is 0 Å². The first kappa shape index (κ1) is 14.8. The third-order valence-electron chi connectivity index (χ3n) is 4.55. The Kier molecular flexibility index (Phi) is 3.72. The zero-order valence-electron chi connectivity index (χ0n) is 13.9. The summed E-state index contributed by atoms with van der Waals surface area (Å²) in [5.74, 6) is 2.59. The molecule has 1 atom stereocenters. The average molecular weight is 324 g/mol. The van der Waals surface area contributed by atoms with Crippen LogP contribution in [0.4, 0.5) is 11.6 Å². The lowest BCUT2D eigenvalue weighted by Crippen LogP contribution is -2.47. The summed E-state index contributed by atoms with van der Waals surface area (Å²) in [4.78, 5) is 13.2. The van der Waals surface area contributed by atoms with Crippen LogP contribution in [0, 0.1) is 6.92 Å². The van der Waals surface area contributed by atoms with Crippen molar-refractivity contribution < 1.29 is 0 Å². The Morgan fingerprint density at radius 3 is 3.08 bits per heavy atom. The second kappa shape index (κ2) is 6.03. The topological polar surface area (TPSA) is 75.3 Å². The number of aryl methyl sites for hydroxylation is 1. The highest BCUT2D eigenvalue weighted by molar-refractivity contribution is 5.48. The first-order valence-corrected chi connectivity index (χ1v) is 8.15. The van der Waals surface area contributed by atoms with Gasteiger partial charge in [0.05, 0.1) is 0 Å². The van der Waals surface area contributed by atoms with E-state index in [0.717, 1.165) is 43.3 Å². The molecular formula is C16H20N8. The van der Waals surface area contributed by atoms with Crippen LogP contribution in [0.25, 0.3) is 5.78 Å². The van der Waals surface area contributed by atoms with Crippen molar-refractivity contribution in [2.45, 2.75) is 25.8 Å². The van der Waals surface area contributed by atoms with E-state index in [1.54, 1.807) is 17.0 Å². The van der Waals surface area contributed by atoms with Crippen molar-refractivity contribution in [3.8, 4) is 0 Å². The first-order chi connectivity index (χ1) is 11.7. The van der Waals surface area contributed by atoms with Gasteiger partial charge in [-0.15, -0.1) is 5.10 Å². The fourth-order valence-electron chi connectivity index (χ4n) is 3.29. The van der Waals surface area contributed by atoms with Gasteiger partial charge in [0, 0.05) is 44.1 Å². The van der Waals surface area contributed by atoms with Gasteiger partial charge in [-0.2, -0.15) is 19.7 Å². The van der Waals surface area contributed by atoms with Crippen LogP contribution in [-0.4, -0.2) is 56.0 Å². The second-order valence-electron chi connectivity index (χ2n) is 6.16. The fraction of sp³-hybridized carbons (Fsp3) is 0.438. The lowest BCUT2D eigenvalue weighted by atomic mass is 10.0. The monoisotopic (exact) mass is 324 g/mol. The number of nitrogens with zero attached hydrogens (tertiary/aromatic N) is 8. The van der Waals surface area contributed by atoms with Crippen LogP contribution >= 0.6 is 0 Å². The van der Waals surface area contributed by atoms with Gasteiger partial charge >= 0.3 is 0 Å². The Balaban J connectivity index is 1.61. The molecule has 0 N–H and O–H groups in total. The maximum Gasteiger partial charge on any atom is 0.254 e. The maximum atomic E-state index is 4.42. The van der Waals surface area contributed by atoms with Crippen molar-refractivity contribution in [1.29, 1.82) is 0 Å². The van der Waals surface area contributed by atoms with Crippen molar-refractivity contribution in [3.63, 3.8) is 0 Å². The van der Waals surface area contributed by atoms with Gasteiger partial charge in [0.1, 0.15) is 12.1 Å². The molecule has 4 rings (SSSR count). The molecule has 0 aliphatic carbocycles. The van der Waals surface area contributed by atoms with Gasteiger partial charge in [-0.05, 0) is 31.9 Å². The van der Waals surface area contributed by atoms with Gasteiger partial charge in [-0.25, -0.2) is 4.98 Å². The number of hydrogen-bond donors (Lipinski definition) is 0. The second-order valence-corrected chi connectivity index (χ2v) is 6.16. The fourth-order valence-corrected chi connectivity index (χ4v) is 3.29. The summed E-state index contributed by atoms with van der Waals surface area (Å²) >= 11 is 0. The Hall–Kier alpha value is -2.77. The molecular weight excluding hydrogens is 304 g/mol. The van der Waals surface area contributed by atoms with E-state index in [1.165, 1.54) is 0 Å². The number of anilines is 2. The summed E-state index contributed by atoms with van der Waals surface area (Å²) in [6, 6.07) is 6.38. The number of aromatic nitrogens is 6. The zero-order valence-corrected chi connectivity index (χ0v) is 13.9. The van der Waals surface area contributed by atoms with E-state index in [4.69, 9.17) is 0 Å². The highest BCUT2D eigenvalue weighted by atomic mass is 15.4. The Bertz CT molecular complexity index is 830. The van der Waals surface area contributed by atoms with Crippen LogP contribution in [0.1, 0.15) is 18.5 Å². The zero-order chi connectivity index (χ0) is 16.5. The molecule has 8 nitrogen and oxygen atoms in total. The molecule has 8 heteroatoms. The van der Waals surface area contributed by atoms with Crippen LogP contribution in [0.2, 0.25) is 0 Å². The summed E-state index contributed by atoms with van der Waals surface area (Å²) < 4.78 is 1.80. The molecule has 1 fully saturated rings. The average Bonchev–Trinajstić information content (AvgIpc) is 3.09. The van der Waals surface area contributed by atoms with Gasteiger partial charge < -0.3 is 9.80 Å². The quantitative estimate of drug-likeness (QED) is 0.719. The summed E-state index contributed by atoms with van der Waals surface area (Å²) in [7, 11) is 2.11. The molecule has 0 radical (unpaired) electrons. The molecule has 0 bridgehead atoms. The molecule has 0 amide bonds. The predicted molar refractivity (Wildman–Crippen MR) is 91.2 cm³/mol. The van der Waals surface area contributed by atoms with Crippen molar-refractivity contribution >= 4 is 17.4 Å². The molecule has 1 aliphatic rings. The third-order valence-corrected chi connectivity index (χ3v) is 4.55. The van der Waals surface area contributed by atoms with Crippen LogP contribution in [-0.2, 0) is 0 Å². The summed E-state index contributed by atoms with van der Waals surface area (Å²) in [6.07, 6.45) is 5.51. The summed E-state index contributed by atoms with van der Waals surface area (Å²) in [5, 5.41) is 12.6. The lowest BCUT2D eigenvalue weighted by molar-refractivity contribution is 0.480. The maximum absolute atomic E-state index is 4.42. The molecule has 0 spiro atoms. The Morgan fingerprint density at radius 2 is 2.25 bits per heavy atom. The number of fused-ring (bicyclic) bond motifs is 1. The molecule has 3 aromatic rings. The van der Waals surface area contributed by atoms with E-state index >= 15 is 0 Å². The van der Waals surface area contributed by atoms with Gasteiger partial charge in [0.2, 0.25) is 0 Å². The molecule has 1 aliphatic heterocycles. The van der Waals surface area contributed by atoms with Crippen molar-refractivity contribution in [1.82, 2.24) is 29.8 Å². The van der Waals surface area contributed by atoms with Gasteiger partial charge in [0.15, 0.2) is 5.82 Å². The number of piperidine rings is 1. The normalized spacial score (nSPS) is 18.1. The molecule has 3 aromatic heterocycles. The Labute approximate surface area is 140 Å². The van der Waals surface area contributed by atoms with E-state index in [0.29, 0.717) is 11.8 Å². The van der Waals surface area contributed by atoms with Crippen LogP contribution < -0.4 is 9.80 Å². The minimum Gasteiger partial charge on any atom is -0.355 e. The molecule has 24 heavy (non-hydrogen) atoms. The molecule has 0 unspecified atom stereocenters. The molecule has 0 saturated carbocycles. The number of hydrogen-bond acceptors (Lipinski definition) is 7. The van der Waals surface area contributed by atoms with Crippen LogP contribution in [0.15, 0.2) is 30.7 Å². The van der Waals surface area contributed by atoms with E-state index in [-0.39, 0.29) is 0 Å². The first-order valence-electron chi connectivity index (χ1n) is 8.15. The standard InChI is InChI=1S/C16H20N8/c1-12-9-15(24-16(20-12)17-11-19-24)22(2)13-5-4-8-23(10-13)14-6-3-7-18-21-14/h3,6-7,9,11,13H,4-5,8,10H2,1-2H3/t13-/m0/s1. The predicted octanol–water partition coefficient (Wildman–Crippen LogP) is 1.33. The summed E-state index contributed by atoms with van der Waals surface area (Å²) in [5.41, 5.74) is 0.943. The van der Waals surface area contributed by atoms with E-state index in [1.807, 2.05) is 19.1 Å². The van der Waals surface area contributed by atoms with E-state index < -0.39 is 0 Å². The number of likely N-dealkylation sites (N-methyl/N-ethyl adjacent to an activating group) is 1. The number of rotatable bonds is 3. The van der Waals surface area contributed by atoms with Crippen LogP contribution in [0.5, 0.6) is 0 Å². The third kappa shape index (κ3) is 2.64. The Morgan fingerprint density at radius 1 is 1.33 bits per heavy atom. The van der Waals surface area contributed by atoms with Gasteiger partial charge in [-0.3, -0.25) is 0 Å². The van der Waals surface area contributed by atoms with Crippen molar-refractivity contribution in [2.75, 3.05) is 29.9 Å². The molecule has 0 aromatic carbocycles. The van der Waals surface area contributed by atoms with Crippen molar-refractivity contribution in [3.05, 3.63) is 36.4 Å². The molecule has 4 heterocycles. The minimum absolute atomic E-state index is 0.370. The van der Waals surface area contributed by atoms with Crippen molar-refractivity contribution in [2.24, 2.45) is 0 Å². The highest BCUT2D eigenvalue weighted by Crippen LogP contribution is 2.24. The molecule has 1 saturated heterocycles. The van der Waals surface area contributed by atoms with Gasteiger partial charge in [0.25, 0.3) is 5.78 Å². The lowest BCUT2D eigenvalue weighted by Gasteiger charge is -2.38. The largest absolute Gasteiger partial charge is 0.355 e. The van der Waals surface area contributed by atoms with Crippen LogP contribution in [0.3, 0.4) is 0 Å². The molecule has 124 valence electrons. The SMILES string of the molecule is Cc1cc(N(C)[C@H]2CCCN(c3cccnn3)C2)n2ncnc2n1. The smallest absolute Gasteiger partial charge is 0.254 e. The summed E-state index contributed by atoms with van der Waals surface area (Å²) in [6.45, 7) is 3.91.